The van der Waals surface area contributed by atoms with Crippen LogP contribution in [-0.4, -0.2) is 26.2 Å². The third-order valence-corrected chi connectivity index (χ3v) is 1.31. The Balaban J connectivity index is 3.49. The van der Waals surface area contributed by atoms with Gasteiger partial charge in [0, 0.05) is 11.6 Å². The van der Waals surface area contributed by atoms with E-state index in [0.29, 0.717) is 0 Å². The van der Waals surface area contributed by atoms with Crippen molar-refractivity contribution in [2.24, 2.45) is 0 Å². The topological polar surface area (TPSA) is 60.4 Å². The maximum atomic E-state index is 11.6. The van der Waals surface area contributed by atoms with E-state index in [2.05, 4.69) is 16.3 Å². The maximum absolute atomic E-state index is 11.6. The van der Waals surface area contributed by atoms with Gasteiger partial charge < -0.3 is 4.74 Å². The summed E-state index contributed by atoms with van der Waals surface area (Å²) in [4.78, 5) is 9.76. The monoisotopic (exact) mass is 190 g/mol. The first-order valence-electron chi connectivity index (χ1n) is 2.16. The summed E-state index contributed by atoms with van der Waals surface area (Å²) in [6.45, 7) is -0.554. The molecule has 0 spiro atoms. The van der Waals surface area contributed by atoms with Gasteiger partial charge in [-0.3, -0.25) is 0 Å². The molecule has 0 saturated heterocycles. The number of hydrogen-bond donors (Lipinski definition) is 0. The van der Waals surface area contributed by atoms with Gasteiger partial charge in [0.05, 0.1) is 0 Å². The molecule has 0 radical (unpaired) electrons. The normalized spacial score (nSPS) is 11.0. The van der Waals surface area contributed by atoms with Gasteiger partial charge in [0.2, 0.25) is 0 Å². The molecule has 0 atom stereocenters. The van der Waals surface area contributed by atoms with Crippen LogP contribution in [0.15, 0.2) is 0 Å². The molecular formula is C3H4ClFO4S. The van der Waals surface area contributed by atoms with Crippen molar-refractivity contribution in [3.63, 3.8) is 0 Å². The second kappa shape index (κ2) is 3.72. The summed E-state index contributed by atoms with van der Waals surface area (Å²) in [5, 5.41) is 0. The van der Waals surface area contributed by atoms with E-state index in [9.17, 15) is 17.1 Å². The lowest BCUT2D eigenvalue weighted by Crippen LogP contribution is -2.07. The van der Waals surface area contributed by atoms with Crippen LogP contribution in [0, 0.1) is 0 Å². The van der Waals surface area contributed by atoms with E-state index in [1.165, 1.54) is 0 Å². The first-order chi connectivity index (χ1) is 4.42. The average Bonchev–Trinajstić information content (AvgIpc) is 1.59. The summed E-state index contributed by atoms with van der Waals surface area (Å²) in [6, 6.07) is 0. The molecule has 0 aromatic rings. The van der Waals surface area contributed by atoms with Crippen LogP contribution in [0.4, 0.5) is 8.68 Å². The molecule has 0 fully saturated rings. The molecular weight excluding hydrogens is 187 g/mol. The molecule has 7 heteroatoms. The Labute approximate surface area is 62.1 Å². The molecule has 0 heterocycles. The molecule has 10 heavy (non-hydrogen) atoms. The van der Waals surface area contributed by atoms with Gasteiger partial charge in [-0.2, -0.15) is 8.42 Å². The molecule has 0 N–H and O–H groups in total. The molecule has 0 bridgehead atoms. The van der Waals surface area contributed by atoms with Gasteiger partial charge in [-0.15, -0.1) is 3.89 Å². The number of halogens is 2. The molecule has 4 nitrogen and oxygen atoms in total. The van der Waals surface area contributed by atoms with Crippen molar-refractivity contribution in [1.82, 2.24) is 0 Å². The fourth-order valence-corrected chi connectivity index (χ4v) is 0.581. The van der Waals surface area contributed by atoms with Crippen molar-refractivity contribution in [3.8, 4) is 0 Å². The minimum absolute atomic E-state index is 0.554. The Morgan fingerprint density at radius 3 is 2.40 bits per heavy atom. The van der Waals surface area contributed by atoms with Gasteiger partial charge in [0.1, 0.15) is 12.4 Å². The van der Waals surface area contributed by atoms with E-state index < -0.39 is 28.0 Å². The fraction of sp³-hybridized carbons (Fsp3) is 0.667. The van der Waals surface area contributed by atoms with E-state index in [-0.39, 0.29) is 0 Å². The zero-order valence-corrected chi connectivity index (χ0v) is 6.28. The predicted octanol–water partition coefficient (Wildman–Crippen LogP) is 0.661. The van der Waals surface area contributed by atoms with Crippen LogP contribution in [-0.2, 0) is 15.0 Å². The van der Waals surface area contributed by atoms with E-state index in [0.717, 1.165) is 0 Å². The molecule has 0 aromatic carbocycles. The van der Waals surface area contributed by atoms with E-state index in [4.69, 9.17) is 0 Å². The zero-order valence-electron chi connectivity index (χ0n) is 4.71. The van der Waals surface area contributed by atoms with Crippen molar-refractivity contribution in [1.29, 1.82) is 0 Å². The molecule has 0 aliphatic heterocycles. The number of carbonyl (C=O) groups is 1. The summed E-state index contributed by atoms with van der Waals surface area (Å²) >= 11 is 4.63. The van der Waals surface area contributed by atoms with Crippen molar-refractivity contribution in [2.75, 3.05) is 12.4 Å². The van der Waals surface area contributed by atoms with Crippen LogP contribution in [0.5, 0.6) is 0 Å². The van der Waals surface area contributed by atoms with Crippen molar-refractivity contribution in [2.45, 2.75) is 0 Å². The van der Waals surface area contributed by atoms with Crippen molar-refractivity contribution < 1.29 is 21.8 Å². The third-order valence-electron chi connectivity index (χ3n) is 0.543. The average molecular weight is 191 g/mol. The minimum atomic E-state index is -4.56. The van der Waals surface area contributed by atoms with E-state index >= 15 is 0 Å². The fourth-order valence-electron chi connectivity index (χ4n) is 0.221. The van der Waals surface area contributed by atoms with E-state index in [1.54, 1.807) is 0 Å². The predicted molar refractivity (Wildman–Crippen MR) is 32.1 cm³/mol. The molecule has 0 aromatic heterocycles. The van der Waals surface area contributed by atoms with Gasteiger partial charge in [-0.05, 0) is 0 Å². The first-order valence-corrected chi connectivity index (χ1v) is 4.09. The Morgan fingerprint density at radius 2 is 2.10 bits per heavy atom. The second-order valence-corrected chi connectivity index (χ2v) is 3.12. The van der Waals surface area contributed by atoms with Gasteiger partial charge >= 0.3 is 15.7 Å². The largest absolute Gasteiger partial charge is 0.453 e. The standard InChI is InChI=1S/C3H4ClFO4S/c4-3(6)9-1-2-10(5,7)8/h1-2H2. The third kappa shape index (κ3) is 7.64. The Kier molecular flexibility index (Phi) is 3.59. The molecule has 0 unspecified atom stereocenters. The summed E-state index contributed by atoms with van der Waals surface area (Å²) < 4.78 is 34.9. The lowest BCUT2D eigenvalue weighted by molar-refractivity contribution is 0.180. The summed E-state index contributed by atoms with van der Waals surface area (Å²) in [5.74, 6) is -0.856. The van der Waals surface area contributed by atoms with Gasteiger partial charge in [-0.25, -0.2) is 4.79 Å². The molecule has 0 aliphatic rings. The Morgan fingerprint density at radius 1 is 1.60 bits per heavy atom. The highest BCUT2D eigenvalue weighted by Gasteiger charge is 2.07. The number of ether oxygens (including phenoxy) is 1. The number of carbonyl (C=O) groups excluding carboxylic acids is 1. The molecule has 60 valence electrons. The SMILES string of the molecule is O=C(Cl)OCCS(=O)(=O)F. The molecule has 0 saturated carbocycles. The second-order valence-electron chi connectivity index (χ2n) is 1.33. The smallest absolute Gasteiger partial charge is 0.403 e. The van der Waals surface area contributed by atoms with Crippen LogP contribution in [0.25, 0.3) is 0 Å². The lowest BCUT2D eigenvalue weighted by atomic mass is 10.9. The number of hydrogen-bond acceptors (Lipinski definition) is 4. The van der Waals surface area contributed by atoms with Crippen LogP contribution in [0.3, 0.4) is 0 Å². The van der Waals surface area contributed by atoms with Crippen LogP contribution < -0.4 is 0 Å². The van der Waals surface area contributed by atoms with Gasteiger partial charge in [-0.1, -0.05) is 0 Å². The first kappa shape index (κ1) is 9.64. The summed E-state index contributed by atoms with van der Waals surface area (Å²) in [7, 11) is -4.56. The van der Waals surface area contributed by atoms with Crippen LogP contribution in [0.2, 0.25) is 0 Å². The number of rotatable bonds is 3. The minimum Gasteiger partial charge on any atom is -0.453 e. The zero-order chi connectivity index (χ0) is 8.20. The summed E-state index contributed by atoms with van der Waals surface area (Å²) in [6.07, 6.45) is 0. The van der Waals surface area contributed by atoms with Gasteiger partial charge in [0.15, 0.2) is 0 Å². The molecule has 0 aliphatic carbocycles. The molecule has 0 rings (SSSR count). The highest BCUT2D eigenvalue weighted by molar-refractivity contribution is 7.86. The molecule has 0 amide bonds. The Bertz CT molecular complexity index is 211. The van der Waals surface area contributed by atoms with Crippen molar-refractivity contribution >= 4 is 27.3 Å². The highest BCUT2D eigenvalue weighted by atomic mass is 35.5. The van der Waals surface area contributed by atoms with Crippen molar-refractivity contribution in [3.05, 3.63) is 0 Å². The van der Waals surface area contributed by atoms with Crippen LogP contribution >= 0.6 is 11.6 Å². The maximum Gasteiger partial charge on any atom is 0.403 e. The quantitative estimate of drug-likeness (QED) is 0.614. The summed E-state index contributed by atoms with van der Waals surface area (Å²) in [5.41, 5.74) is -1.15. The van der Waals surface area contributed by atoms with E-state index in [1.807, 2.05) is 0 Å². The van der Waals surface area contributed by atoms with Crippen LogP contribution in [0.1, 0.15) is 0 Å². The lowest BCUT2D eigenvalue weighted by Gasteiger charge is -1.94. The van der Waals surface area contributed by atoms with Gasteiger partial charge in [0.25, 0.3) is 0 Å². The highest BCUT2D eigenvalue weighted by Crippen LogP contribution is 1.92. The Hall–Kier alpha value is -0.360.